The van der Waals surface area contributed by atoms with Crippen molar-refractivity contribution >= 4 is 0 Å². The predicted molar refractivity (Wildman–Crippen MR) is 60.5 cm³/mol. The van der Waals surface area contributed by atoms with E-state index in [1.54, 1.807) is 0 Å². The Balaban J connectivity index is 2.19. The van der Waals surface area contributed by atoms with Crippen LogP contribution in [0, 0.1) is 5.92 Å². The van der Waals surface area contributed by atoms with Crippen molar-refractivity contribution in [1.29, 1.82) is 0 Å². The molecule has 0 aromatic rings. The average molecular weight is 199 g/mol. The van der Waals surface area contributed by atoms with Crippen molar-refractivity contribution in [3.63, 3.8) is 0 Å². The molecule has 1 N–H and O–H groups in total. The molecule has 1 aliphatic rings. The Morgan fingerprint density at radius 1 is 1.36 bits per heavy atom. The van der Waals surface area contributed by atoms with Crippen LogP contribution in [0.4, 0.5) is 0 Å². The highest BCUT2D eigenvalue weighted by molar-refractivity contribution is 4.74. The summed E-state index contributed by atoms with van der Waals surface area (Å²) in [6.45, 7) is 8.87. The number of rotatable bonds is 6. The second kappa shape index (κ2) is 6.41. The molecule has 0 aliphatic carbocycles. The molecule has 0 spiro atoms. The normalized spacial score (nSPS) is 29.4. The second-order valence-electron chi connectivity index (χ2n) is 4.46. The maximum absolute atomic E-state index is 5.85. The Labute approximate surface area is 88.4 Å². The Morgan fingerprint density at radius 2 is 2.14 bits per heavy atom. The van der Waals surface area contributed by atoms with Gasteiger partial charge in [0.15, 0.2) is 0 Å². The lowest BCUT2D eigenvalue weighted by Crippen LogP contribution is -2.25. The molecular weight excluding hydrogens is 174 g/mol. The molecule has 0 amide bonds. The third kappa shape index (κ3) is 3.97. The lowest BCUT2D eigenvalue weighted by Gasteiger charge is -2.19. The smallest absolute Gasteiger partial charge is 0.0582 e. The fourth-order valence-electron chi connectivity index (χ4n) is 2.17. The number of hydrogen-bond acceptors (Lipinski definition) is 2. The van der Waals surface area contributed by atoms with Crippen LogP contribution in [0.25, 0.3) is 0 Å². The zero-order chi connectivity index (χ0) is 10.4. The van der Waals surface area contributed by atoms with Gasteiger partial charge in [0.05, 0.1) is 12.2 Å². The van der Waals surface area contributed by atoms with E-state index >= 15 is 0 Å². The zero-order valence-corrected chi connectivity index (χ0v) is 9.88. The first-order valence-corrected chi connectivity index (χ1v) is 6.12. The summed E-state index contributed by atoms with van der Waals surface area (Å²) in [4.78, 5) is 0. The summed E-state index contributed by atoms with van der Waals surface area (Å²) in [5, 5.41) is 3.43. The molecule has 1 aliphatic heterocycles. The molecule has 84 valence electrons. The molecule has 1 heterocycles. The minimum Gasteiger partial charge on any atom is -0.375 e. The summed E-state index contributed by atoms with van der Waals surface area (Å²) < 4.78 is 5.85. The summed E-state index contributed by atoms with van der Waals surface area (Å²) in [6.07, 6.45) is 6.06. The average Bonchev–Trinajstić information content (AvgIpc) is 2.58. The fourth-order valence-corrected chi connectivity index (χ4v) is 2.17. The van der Waals surface area contributed by atoms with Crippen LogP contribution in [-0.4, -0.2) is 25.3 Å². The third-order valence-electron chi connectivity index (χ3n) is 3.18. The largest absolute Gasteiger partial charge is 0.375 e. The van der Waals surface area contributed by atoms with Crippen LogP contribution in [0.5, 0.6) is 0 Å². The molecule has 3 unspecified atom stereocenters. The fraction of sp³-hybridized carbons (Fsp3) is 1.00. The van der Waals surface area contributed by atoms with Gasteiger partial charge >= 0.3 is 0 Å². The van der Waals surface area contributed by atoms with E-state index in [0.29, 0.717) is 12.2 Å². The number of nitrogens with one attached hydrogen (secondary N) is 1. The van der Waals surface area contributed by atoms with Crippen molar-refractivity contribution in [2.45, 2.75) is 58.7 Å². The summed E-state index contributed by atoms with van der Waals surface area (Å²) in [5.41, 5.74) is 0. The molecule has 0 bridgehead atoms. The molecule has 3 atom stereocenters. The van der Waals surface area contributed by atoms with Gasteiger partial charge in [0, 0.05) is 0 Å². The molecule has 0 aromatic carbocycles. The van der Waals surface area contributed by atoms with Crippen LogP contribution in [0.15, 0.2) is 0 Å². The van der Waals surface area contributed by atoms with E-state index in [9.17, 15) is 0 Å². The van der Waals surface area contributed by atoms with E-state index in [1.165, 1.54) is 25.7 Å². The lowest BCUT2D eigenvalue weighted by molar-refractivity contribution is 0.0404. The third-order valence-corrected chi connectivity index (χ3v) is 3.18. The van der Waals surface area contributed by atoms with Gasteiger partial charge in [0.2, 0.25) is 0 Å². The molecular formula is C12H25NO. The van der Waals surface area contributed by atoms with Crippen LogP contribution in [0.3, 0.4) is 0 Å². The van der Waals surface area contributed by atoms with Crippen molar-refractivity contribution in [3.8, 4) is 0 Å². The zero-order valence-electron chi connectivity index (χ0n) is 9.88. The molecule has 1 saturated heterocycles. The Bertz CT molecular complexity index is 149. The van der Waals surface area contributed by atoms with Crippen molar-refractivity contribution in [2.24, 2.45) is 5.92 Å². The minimum absolute atomic E-state index is 0.497. The topological polar surface area (TPSA) is 21.3 Å². The molecule has 1 fully saturated rings. The van der Waals surface area contributed by atoms with E-state index in [1.807, 2.05) is 0 Å². The second-order valence-corrected chi connectivity index (χ2v) is 4.46. The van der Waals surface area contributed by atoms with Gasteiger partial charge < -0.3 is 10.1 Å². The van der Waals surface area contributed by atoms with E-state index in [0.717, 1.165) is 19.0 Å². The molecule has 1 rings (SSSR count). The quantitative estimate of drug-likeness (QED) is 0.710. The predicted octanol–water partition coefficient (Wildman–Crippen LogP) is 2.58. The minimum atomic E-state index is 0.497. The molecule has 0 saturated carbocycles. The Hall–Kier alpha value is -0.0800. The van der Waals surface area contributed by atoms with Crippen LogP contribution >= 0.6 is 0 Å². The molecule has 0 radical (unpaired) electrons. The van der Waals surface area contributed by atoms with Crippen molar-refractivity contribution in [2.75, 3.05) is 13.1 Å². The first-order valence-electron chi connectivity index (χ1n) is 6.12. The number of hydrogen-bond donors (Lipinski definition) is 1. The maximum Gasteiger partial charge on any atom is 0.0582 e. The molecule has 14 heavy (non-hydrogen) atoms. The standard InChI is InChI=1S/C12H25NO/c1-4-11(9-13-5-2)8-12-7-6-10(3)14-12/h10-13H,4-9H2,1-3H3. The monoisotopic (exact) mass is 199 g/mol. The summed E-state index contributed by atoms with van der Waals surface area (Å²) in [6, 6.07) is 0. The first-order chi connectivity index (χ1) is 6.76. The highest BCUT2D eigenvalue weighted by Crippen LogP contribution is 2.25. The SMILES string of the molecule is CCNCC(CC)CC1CCC(C)O1. The highest BCUT2D eigenvalue weighted by atomic mass is 16.5. The maximum atomic E-state index is 5.85. The molecule has 0 aromatic heterocycles. The van der Waals surface area contributed by atoms with E-state index in [2.05, 4.69) is 26.1 Å². The Kier molecular flexibility index (Phi) is 5.49. The van der Waals surface area contributed by atoms with Gasteiger partial charge in [-0.05, 0) is 45.2 Å². The van der Waals surface area contributed by atoms with Gasteiger partial charge in [-0.25, -0.2) is 0 Å². The molecule has 2 heteroatoms. The van der Waals surface area contributed by atoms with Crippen molar-refractivity contribution in [1.82, 2.24) is 5.32 Å². The summed E-state index contributed by atoms with van der Waals surface area (Å²) in [7, 11) is 0. The van der Waals surface area contributed by atoms with Crippen molar-refractivity contribution in [3.05, 3.63) is 0 Å². The van der Waals surface area contributed by atoms with Crippen LogP contribution in [0.2, 0.25) is 0 Å². The lowest BCUT2D eigenvalue weighted by atomic mass is 9.97. The summed E-state index contributed by atoms with van der Waals surface area (Å²) in [5.74, 6) is 0.797. The van der Waals surface area contributed by atoms with E-state index in [-0.39, 0.29) is 0 Å². The van der Waals surface area contributed by atoms with E-state index in [4.69, 9.17) is 4.74 Å². The van der Waals surface area contributed by atoms with Gasteiger partial charge in [-0.3, -0.25) is 0 Å². The van der Waals surface area contributed by atoms with Gasteiger partial charge in [0.1, 0.15) is 0 Å². The van der Waals surface area contributed by atoms with Crippen LogP contribution < -0.4 is 5.32 Å². The molecule has 2 nitrogen and oxygen atoms in total. The van der Waals surface area contributed by atoms with Gasteiger partial charge in [-0.2, -0.15) is 0 Å². The van der Waals surface area contributed by atoms with Gasteiger partial charge in [-0.15, -0.1) is 0 Å². The first kappa shape index (κ1) is 12.0. The van der Waals surface area contributed by atoms with Crippen LogP contribution in [0.1, 0.15) is 46.5 Å². The van der Waals surface area contributed by atoms with Crippen LogP contribution in [-0.2, 0) is 4.74 Å². The van der Waals surface area contributed by atoms with Crippen molar-refractivity contribution < 1.29 is 4.74 Å². The van der Waals surface area contributed by atoms with Gasteiger partial charge in [0.25, 0.3) is 0 Å². The van der Waals surface area contributed by atoms with Gasteiger partial charge in [-0.1, -0.05) is 20.3 Å². The number of ether oxygens (including phenoxy) is 1. The van der Waals surface area contributed by atoms with E-state index < -0.39 is 0 Å². The Morgan fingerprint density at radius 3 is 2.64 bits per heavy atom. The highest BCUT2D eigenvalue weighted by Gasteiger charge is 2.23. The summed E-state index contributed by atoms with van der Waals surface area (Å²) >= 11 is 0.